The van der Waals surface area contributed by atoms with Gasteiger partial charge in [-0.15, -0.1) is 0 Å². The van der Waals surface area contributed by atoms with E-state index in [9.17, 15) is 0 Å². The van der Waals surface area contributed by atoms with Crippen molar-refractivity contribution in [3.63, 3.8) is 0 Å². The summed E-state index contributed by atoms with van der Waals surface area (Å²) in [7, 11) is 0. The van der Waals surface area contributed by atoms with Crippen LogP contribution in [0.5, 0.6) is 0 Å². The molecule has 0 atom stereocenters. The van der Waals surface area contributed by atoms with Gasteiger partial charge in [-0.05, 0) is 74.8 Å². The van der Waals surface area contributed by atoms with Crippen LogP contribution < -0.4 is 0 Å². The third-order valence-corrected chi connectivity index (χ3v) is 9.89. The van der Waals surface area contributed by atoms with Crippen molar-refractivity contribution in [2.45, 2.75) is 0 Å². The van der Waals surface area contributed by atoms with Crippen molar-refractivity contribution in [2.24, 2.45) is 0 Å². The van der Waals surface area contributed by atoms with Crippen LogP contribution in [-0.4, -0.2) is 9.97 Å². The van der Waals surface area contributed by atoms with Crippen LogP contribution in [0.15, 0.2) is 218 Å². The summed E-state index contributed by atoms with van der Waals surface area (Å²) in [6, 6.07) is 76.9. The van der Waals surface area contributed by atoms with Crippen LogP contribution in [0.3, 0.4) is 0 Å². The molecule has 0 fully saturated rings. The summed E-state index contributed by atoms with van der Waals surface area (Å²) in [5.41, 5.74) is 17.3. The number of benzene rings is 7. The van der Waals surface area contributed by atoms with Crippen LogP contribution >= 0.6 is 0 Å². The molecule has 9 rings (SSSR count). The van der Waals surface area contributed by atoms with Gasteiger partial charge < -0.3 is 0 Å². The Kier molecular flexibility index (Phi) is 8.99. The summed E-state index contributed by atoms with van der Waals surface area (Å²) < 4.78 is 0. The second kappa shape index (κ2) is 14.8. The maximum Gasteiger partial charge on any atom is 0.0715 e. The van der Waals surface area contributed by atoms with Crippen molar-refractivity contribution in [1.29, 1.82) is 0 Å². The first-order valence-electron chi connectivity index (χ1n) is 18.3. The molecule has 2 heterocycles. The number of rotatable bonds is 8. The zero-order chi connectivity index (χ0) is 36.1. The number of nitrogens with zero attached hydrogens (tertiary/aromatic N) is 2. The molecule has 0 saturated carbocycles. The Labute approximate surface area is 316 Å². The number of hydrogen-bond donors (Lipinski definition) is 0. The van der Waals surface area contributed by atoms with Gasteiger partial charge in [-0.2, -0.15) is 0 Å². The Morgan fingerprint density at radius 1 is 0.167 bits per heavy atom. The molecule has 9 aromatic rings. The molecule has 254 valence electrons. The zero-order valence-electron chi connectivity index (χ0n) is 29.7. The number of aromatic nitrogens is 2. The second-order valence-corrected chi connectivity index (χ2v) is 13.5. The van der Waals surface area contributed by atoms with Crippen molar-refractivity contribution in [1.82, 2.24) is 9.97 Å². The summed E-state index contributed by atoms with van der Waals surface area (Å²) in [4.78, 5) is 10.5. The van der Waals surface area contributed by atoms with Gasteiger partial charge in [0, 0.05) is 22.3 Å². The third kappa shape index (κ3) is 7.01. The van der Waals surface area contributed by atoms with Crippen LogP contribution in [0.4, 0.5) is 0 Å². The molecule has 0 aliphatic heterocycles. The van der Waals surface area contributed by atoms with Gasteiger partial charge in [-0.1, -0.05) is 188 Å². The SMILES string of the molecule is c1ccc(-c2ccc(-c3cc(-c4ccccc4)nc(-c4cccc(-c5cc(-c6ccc(-c7ccccc7)cc6)cc(-c6ccccc6)n5)c4)c3)cc2)cc1. The van der Waals surface area contributed by atoms with E-state index in [1.165, 1.54) is 22.3 Å². The molecule has 0 N–H and O–H groups in total. The summed E-state index contributed by atoms with van der Waals surface area (Å²) in [5, 5.41) is 0. The lowest BCUT2D eigenvalue weighted by Crippen LogP contribution is -1.93. The highest BCUT2D eigenvalue weighted by atomic mass is 14.7. The minimum Gasteiger partial charge on any atom is -0.248 e. The third-order valence-electron chi connectivity index (χ3n) is 9.89. The van der Waals surface area contributed by atoms with Gasteiger partial charge in [0.15, 0.2) is 0 Å². The van der Waals surface area contributed by atoms with Crippen molar-refractivity contribution in [3.8, 4) is 89.5 Å². The van der Waals surface area contributed by atoms with Gasteiger partial charge in [-0.25, -0.2) is 9.97 Å². The lowest BCUT2D eigenvalue weighted by molar-refractivity contribution is 1.31. The Bertz CT molecular complexity index is 2470. The average molecular weight is 689 g/mol. The highest BCUT2D eigenvalue weighted by molar-refractivity contribution is 5.82. The highest BCUT2D eigenvalue weighted by Gasteiger charge is 2.13. The predicted molar refractivity (Wildman–Crippen MR) is 226 cm³/mol. The maximum atomic E-state index is 5.24. The first-order valence-corrected chi connectivity index (χ1v) is 18.3. The number of pyridine rings is 2. The molecule has 0 aliphatic carbocycles. The van der Waals surface area contributed by atoms with Gasteiger partial charge in [0.1, 0.15) is 0 Å². The minimum atomic E-state index is 0.913. The Morgan fingerprint density at radius 3 is 0.741 bits per heavy atom. The molecular weight excluding hydrogens is 653 g/mol. The van der Waals surface area contributed by atoms with Gasteiger partial charge in [0.25, 0.3) is 0 Å². The lowest BCUT2D eigenvalue weighted by Gasteiger charge is -2.13. The molecular formula is C52H36N2. The standard InChI is InChI=1S/C52H36N2/c1-5-14-37(15-6-1)39-24-28-41(29-25-39)47-33-49(43-18-9-3-10-19-43)53-51(35-47)45-22-13-23-46(32-45)52-36-48(34-50(54-52)44-20-11-4-12-21-44)42-30-26-40(27-31-42)38-16-7-2-8-17-38/h1-36H. The smallest absolute Gasteiger partial charge is 0.0715 e. The van der Waals surface area contributed by atoms with Gasteiger partial charge >= 0.3 is 0 Å². The topological polar surface area (TPSA) is 25.8 Å². The van der Waals surface area contributed by atoms with Crippen LogP contribution in [-0.2, 0) is 0 Å². The Hall–Kier alpha value is -7.16. The second-order valence-electron chi connectivity index (χ2n) is 13.5. The van der Waals surface area contributed by atoms with E-state index in [2.05, 4.69) is 206 Å². The summed E-state index contributed by atoms with van der Waals surface area (Å²) >= 11 is 0. The molecule has 0 radical (unpaired) electrons. The lowest BCUT2D eigenvalue weighted by atomic mass is 9.96. The van der Waals surface area contributed by atoms with Crippen molar-refractivity contribution in [2.75, 3.05) is 0 Å². The fraction of sp³-hybridized carbons (Fsp3) is 0. The van der Waals surface area contributed by atoms with Crippen LogP contribution in [0, 0.1) is 0 Å². The van der Waals surface area contributed by atoms with Crippen LogP contribution in [0.25, 0.3) is 89.5 Å². The van der Waals surface area contributed by atoms with Crippen LogP contribution in [0.1, 0.15) is 0 Å². The molecule has 2 heteroatoms. The minimum absolute atomic E-state index is 0.913. The molecule has 7 aromatic carbocycles. The van der Waals surface area contributed by atoms with E-state index in [1.807, 2.05) is 12.1 Å². The Balaban J connectivity index is 1.13. The molecule has 0 unspecified atom stereocenters. The molecule has 0 spiro atoms. The molecule has 0 aliphatic rings. The monoisotopic (exact) mass is 688 g/mol. The van der Waals surface area contributed by atoms with Gasteiger partial charge in [-0.3, -0.25) is 0 Å². The van der Waals surface area contributed by atoms with Crippen molar-refractivity contribution >= 4 is 0 Å². The largest absolute Gasteiger partial charge is 0.248 e. The van der Waals surface area contributed by atoms with Crippen molar-refractivity contribution in [3.05, 3.63) is 218 Å². The first kappa shape index (κ1) is 32.7. The molecule has 2 aromatic heterocycles. The van der Waals surface area contributed by atoms with Gasteiger partial charge in [0.2, 0.25) is 0 Å². The molecule has 0 amide bonds. The van der Waals surface area contributed by atoms with E-state index < -0.39 is 0 Å². The van der Waals surface area contributed by atoms with E-state index >= 15 is 0 Å². The first-order chi connectivity index (χ1) is 26.7. The quantitative estimate of drug-likeness (QED) is 0.159. The van der Waals surface area contributed by atoms with E-state index in [4.69, 9.17) is 9.97 Å². The fourth-order valence-corrected chi connectivity index (χ4v) is 7.01. The molecule has 54 heavy (non-hydrogen) atoms. The Morgan fingerprint density at radius 2 is 0.407 bits per heavy atom. The number of hydrogen-bond acceptors (Lipinski definition) is 2. The van der Waals surface area contributed by atoms with E-state index in [-0.39, 0.29) is 0 Å². The summed E-state index contributed by atoms with van der Waals surface area (Å²) in [6.45, 7) is 0. The molecule has 0 saturated heterocycles. The molecule has 2 nitrogen and oxygen atoms in total. The maximum absolute atomic E-state index is 5.24. The average Bonchev–Trinajstić information content (AvgIpc) is 3.27. The fourth-order valence-electron chi connectivity index (χ4n) is 7.01. The van der Waals surface area contributed by atoms with Crippen molar-refractivity contribution < 1.29 is 0 Å². The zero-order valence-corrected chi connectivity index (χ0v) is 29.7. The van der Waals surface area contributed by atoms with E-state index in [1.54, 1.807) is 0 Å². The van der Waals surface area contributed by atoms with Crippen LogP contribution in [0.2, 0.25) is 0 Å². The summed E-state index contributed by atoms with van der Waals surface area (Å²) in [5.74, 6) is 0. The normalized spacial score (nSPS) is 11.0. The summed E-state index contributed by atoms with van der Waals surface area (Å²) in [6.07, 6.45) is 0. The predicted octanol–water partition coefficient (Wildman–Crippen LogP) is 13.8. The van der Waals surface area contributed by atoms with Gasteiger partial charge in [0.05, 0.1) is 22.8 Å². The highest BCUT2D eigenvalue weighted by Crippen LogP contribution is 2.35. The molecule has 0 bridgehead atoms. The van der Waals surface area contributed by atoms with E-state index in [0.717, 1.165) is 67.3 Å². The van der Waals surface area contributed by atoms with E-state index in [0.29, 0.717) is 0 Å².